The molecular weight excluding hydrogens is 440 g/mol. The van der Waals surface area contributed by atoms with Crippen molar-refractivity contribution in [3.8, 4) is 0 Å². The fourth-order valence-corrected chi connectivity index (χ4v) is 3.34. The first-order chi connectivity index (χ1) is 15.8. The maximum atomic E-state index is 11.9. The normalized spacial score (nSPS) is 19.1. The van der Waals surface area contributed by atoms with Crippen molar-refractivity contribution in [2.75, 3.05) is 61.7 Å². The second-order valence-corrected chi connectivity index (χ2v) is 10.2. The highest BCUT2D eigenvalue weighted by molar-refractivity contribution is 5.93. The zero-order valence-corrected chi connectivity index (χ0v) is 22.0. The molecule has 0 aliphatic carbocycles. The van der Waals surface area contributed by atoms with Crippen LogP contribution in [-0.4, -0.2) is 106 Å². The van der Waals surface area contributed by atoms with Crippen LogP contribution in [0.25, 0.3) is 0 Å². The average Bonchev–Trinajstić information content (AvgIpc) is 2.66. The molecule has 0 N–H and O–H groups in total. The van der Waals surface area contributed by atoms with E-state index in [0.717, 1.165) is 25.9 Å². The topological polar surface area (TPSA) is 94.6 Å². The zero-order valence-electron chi connectivity index (χ0n) is 22.0. The minimum atomic E-state index is -0.578. The molecule has 2 aliphatic rings. The number of carbonyl (C=O) groups is 3. The number of rotatable bonds is 10. The van der Waals surface area contributed by atoms with E-state index in [-0.39, 0.29) is 17.5 Å². The lowest BCUT2D eigenvalue weighted by Gasteiger charge is -2.46. The number of likely N-dealkylation sites (N-methyl/N-ethyl adjacent to an activating group) is 2. The Morgan fingerprint density at radius 2 is 1.44 bits per heavy atom. The third-order valence-corrected chi connectivity index (χ3v) is 6.02. The van der Waals surface area contributed by atoms with Crippen molar-refractivity contribution in [2.24, 2.45) is 0 Å². The van der Waals surface area contributed by atoms with Gasteiger partial charge in [-0.05, 0) is 67.9 Å². The molecule has 0 radical (unpaired) electrons. The van der Waals surface area contributed by atoms with Crippen LogP contribution in [0.5, 0.6) is 0 Å². The van der Waals surface area contributed by atoms with E-state index in [9.17, 15) is 14.4 Å². The predicted molar refractivity (Wildman–Crippen MR) is 129 cm³/mol. The Bertz CT molecular complexity index is 743. The van der Waals surface area contributed by atoms with Gasteiger partial charge in [-0.2, -0.15) is 0 Å². The van der Waals surface area contributed by atoms with Crippen molar-refractivity contribution in [3.05, 3.63) is 23.8 Å². The number of methoxy groups -OCH3 is 1. The molecule has 2 heterocycles. The van der Waals surface area contributed by atoms with Gasteiger partial charge in [0.25, 0.3) is 0 Å². The smallest absolute Gasteiger partial charge is 0.333 e. The Kier molecular flexibility index (Phi) is 11.6. The molecule has 0 aromatic heterocycles. The molecular formula is C25H42N2O7. The van der Waals surface area contributed by atoms with Gasteiger partial charge in [0.15, 0.2) is 0 Å². The van der Waals surface area contributed by atoms with E-state index in [2.05, 4.69) is 9.80 Å². The average molecular weight is 483 g/mol. The van der Waals surface area contributed by atoms with Crippen LogP contribution in [0.4, 0.5) is 0 Å². The van der Waals surface area contributed by atoms with Crippen LogP contribution in [0.3, 0.4) is 0 Å². The van der Waals surface area contributed by atoms with Crippen LogP contribution in [0.15, 0.2) is 23.8 Å². The predicted octanol–water partition coefficient (Wildman–Crippen LogP) is 2.00. The molecule has 2 saturated heterocycles. The quantitative estimate of drug-likeness (QED) is 0.263. The number of esters is 2. The molecule has 194 valence electrons. The van der Waals surface area contributed by atoms with Gasteiger partial charge in [-0.1, -0.05) is 12.2 Å². The summed E-state index contributed by atoms with van der Waals surface area (Å²) in [5.41, 5.74) is -0.234. The van der Waals surface area contributed by atoms with E-state index < -0.39 is 17.5 Å². The number of carbonyl (C=O) groups excluding carboxylic acids is 3. The summed E-state index contributed by atoms with van der Waals surface area (Å²) in [5.74, 6) is -0.937. The van der Waals surface area contributed by atoms with E-state index in [0.29, 0.717) is 25.2 Å². The third-order valence-electron chi connectivity index (χ3n) is 6.02. The molecule has 9 heteroatoms. The summed E-state index contributed by atoms with van der Waals surface area (Å²) in [6.07, 6.45) is 7.43. The maximum absolute atomic E-state index is 11.9. The first-order valence-corrected chi connectivity index (χ1v) is 11.4. The third kappa shape index (κ3) is 8.94. The minimum absolute atomic E-state index is 0.0890. The fraction of sp³-hybridized carbons (Fsp3) is 0.720. The van der Waals surface area contributed by atoms with Crippen LogP contribution in [-0.2, 0) is 33.3 Å². The fourth-order valence-electron chi connectivity index (χ4n) is 3.34. The summed E-state index contributed by atoms with van der Waals surface area (Å²) in [7, 11) is 9.33. The van der Waals surface area contributed by atoms with Gasteiger partial charge in [-0.3, -0.25) is 19.4 Å². The van der Waals surface area contributed by atoms with Crippen LogP contribution < -0.4 is 0 Å². The van der Waals surface area contributed by atoms with Crippen LogP contribution >= 0.6 is 0 Å². The Hall–Kier alpha value is -2.07. The van der Waals surface area contributed by atoms with Gasteiger partial charge in [0.1, 0.15) is 11.9 Å². The number of hydrogen-bond acceptors (Lipinski definition) is 9. The van der Waals surface area contributed by atoms with Gasteiger partial charge in [-0.25, -0.2) is 4.79 Å². The first-order valence-electron chi connectivity index (χ1n) is 11.4. The van der Waals surface area contributed by atoms with Crippen LogP contribution in [0, 0.1) is 0 Å². The van der Waals surface area contributed by atoms with Gasteiger partial charge in [0, 0.05) is 5.57 Å². The van der Waals surface area contributed by atoms with E-state index in [1.54, 1.807) is 32.9 Å². The molecule has 0 bridgehead atoms. The lowest BCUT2D eigenvalue weighted by atomic mass is 9.90. The minimum Gasteiger partial charge on any atom is -0.466 e. The lowest BCUT2D eigenvalue weighted by Crippen LogP contribution is -2.59. The Morgan fingerprint density at radius 3 is 1.79 bits per heavy atom. The van der Waals surface area contributed by atoms with Crippen molar-refractivity contribution in [2.45, 2.75) is 56.7 Å². The van der Waals surface area contributed by atoms with Crippen LogP contribution in [0.1, 0.15) is 40.0 Å². The SMILES string of the molecule is CN(C)C1(C/C=C/C=O)COC1.COC(=O)/C(=C\CC1(N(C)C)COC1)CC(=O)OC(C)(C)C. The van der Waals surface area contributed by atoms with E-state index >= 15 is 0 Å². The second-order valence-electron chi connectivity index (χ2n) is 10.2. The lowest BCUT2D eigenvalue weighted by molar-refractivity contribution is -0.155. The van der Waals surface area contributed by atoms with Crippen LogP contribution in [0.2, 0.25) is 0 Å². The largest absolute Gasteiger partial charge is 0.466 e. The van der Waals surface area contributed by atoms with Crippen molar-refractivity contribution < 1.29 is 33.3 Å². The van der Waals surface area contributed by atoms with E-state index in [4.69, 9.17) is 18.9 Å². The molecule has 0 saturated carbocycles. The standard InChI is InChI=1S/C16H27NO5.C9H15NO2/c1-15(2,3)22-13(18)9-12(14(19)20-6)7-8-16(17(4)5)10-21-11-16;1-10(2)9(7-12-8-9)5-3-4-6-11/h7H,8-11H2,1-6H3;3-4,6H,5,7-8H2,1-2H3/b12-7-;4-3+. The molecule has 0 spiro atoms. The molecule has 0 aromatic rings. The highest BCUT2D eigenvalue weighted by Crippen LogP contribution is 2.28. The monoisotopic (exact) mass is 482 g/mol. The summed E-state index contributed by atoms with van der Waals surface area (Å²) in [5, 5.41) is 0. The van der Waals surface area contributed by atoms with Crippen molar-refractivity contribution in [1.29, 1.82) is 0 Å². The molecule has 34 heavy (non-hydrogen) atoms. The zero-order chi connectivity index (χ0) is 26.0. The Balaban J connectivity index is 0.000000404. The number of ether oxygens (including phenoxy) is 4. The molecule has 2 aliphatic heterocycles. The molecule has 0 unspecified atom stereocenters. The van der Waals surface area contributed by atoms with Gasteiger partial charge in [-0.15, -0.1) is 0 Å². The first kappa shape index (κ1) is 30.0. The van der Waals surface area contributed by atoms with Gasteiger partial charge >= 0.3 is 11.9 Å². The number of hydrogen-bond donors (Lipinski definition) is 0. The number of allylic oxidation sites excluding steroid dienone is 1. The summed E-state index contributed by atoms with van der Waals surface area (Å²) in [6.45, 7) is 8.12. The summed E-state index contributed by atoms with van der Waals surface area (Å²) in [4.78, 5) is 38.1. The second kappa shape index (κ2) is 13.1. The van der Waals surface area contributed by atoms with Gasteiger partial charge in [0.2, 0.25) is 0 Å². The molecule has 2 fully saturated rings. The van der Waals surface area contributed by atoms with Crippen molar-refractivity contribution >= 4 is 18.2 Å². The maximum Gasteiger partial charge on any atom is 0.333 e. The van der Waals surface area contributed by atoms with Gasteiger partial charge < -0.3 is 18.9 Å². The highest BCUT2D eigenvalue weighted by Gasteiger charge is 2.40. The number of nitrogens with zero attached hydrogens (tertiary/aromatic N) is 2. The highest BCUT2D eigenvalue weighted by atomic mass is 16.6. The van der Waals surface area contributed by atoms with Crippen molar-refractivity contribution in [1.82, 2.24) is 9.80 Å². The molecule has 0 aromatic carbocycles. The summed E-state index contributed by atoms with van der Waals surface area (Å²) in [6, 6.07) is 0. The van der Waals surface area contributed by atoms with Crippen molar-refractivity contribution in [3.63, 3.8) is 0 Å². The summed E-state index contributed by atoms with van der Waals surface area (Å²) >= 11 is 0. The molecule has 0 amide bonds. The Labute approximate surface area is 204 Å². The molecule has 0 atom stereocenters. The Morgan fingerprint density at radius 1 is 0.941 bits per heavy atom. The van der Waals surface area contributed by atoms with Gasteiger partial charge in [0.05, 0.1) is 51.0 Å². The van der Waals surface area contributed by atoms with E-state index in [1.165, 1.54) is 7.11 Å². The molecule has 2 rings (SSSR count). The summed E-state index contributed by atoms with van der Waals surface area (Å²) < 4.78 is 20.5. The van der Waals surface area contributed by atoms with E-state index in [1.807, 2.05) is 34.3 Å². The number of aldehydes is 1. The molecule has 9 nitrogen and oxygen atoms in total.